The predicted molar refractivity (Wildman–Crippen MR) is 63.1 cm³/mol. The van der Waals surface area contributed by atoms with Crippen LogP contribution in [0.15, 0.2) is 30.5 Å². The van der Waals surface area contributed by atoms with Crippen molar-refractivity contribution in [3.8, 4) is 5.75 Å². The highest BCUT2D eigenvalue weighted by Gasteiger charge is 2.03. The lowest BCUT2D eigenvalue weighted by Crippen LogP contribution is -2.03. The molecule has 2 N–H and O–H groups in total. The first-order valence-corrected chi connectivity index (χ1v) is 5.12. The van der Waals surface area contributed by atoms with Gasteiger partial charge in [0, 0.05) is 13.2 Å². The van der Waals surface area contributed by atoms with Crippen LogP contribution in [-0.4, -0.2) is 9.55 Å². The van der Waals surface area contributed by atoms with Gasteiger partial charge in [0.2, 0.25) is 0 Å². The minimum atomic E-state index is 0.428. The van der Waals surface area contributed by atoms with Crippen LogP contribution in [0.1, 0.15) is 11.4 Å². The Morgan fingerprint density at radius 1 is 1.44 bits per heavy atom. The molecule has 0 fully saturated rings. The van der Waals surface area contributed by atoms with Crippen LogP contribution in [0.5, 0.6) is 5.75 Å². The van der Waals surface area contributed by atoms with Crippen molar-refractivity contribution in [2.45, 2.75) is 13.5 Å². The molecule has 2 aromatic rings. The minimum Gasteiger partial charge on any atom is -0.486 e. The third-order valence-corrected chi connectivity index (χ3v) is 2.35. The van der Waals surface area contributed by atoms with E-state index in [2.05, 4.69) is 4.98 Å². The average molecular weight is 217 g/mol. The molecule has 1 aromatic heterocycles. The van der Waals surface area contributed by atoms with Crippen LogP contribution in [0.25, 0.3) is 0 Å². The van der Waals surface area contributed by atoms with Gasteiger partial charge in [0.05, 0.1) is 0 Å². The number of nitrogen functional groups attached to an aromatic ring is 1. The summed E-state index contributed by atoms with van der Waals surface area (Å²) in [5.74, 6) is 2.19. The van der Waals surface area contributed by atoms with Gasteiger partial charge in [-0.25, -0.2) is 4.98 Å². The monoisotopic (exact) mass is 217 g/mol. The Labute approximate surface area is 94.7 Å². The van der Waals surface area contributed by atoms with E-state index in [1.807, 2.05) is 42.8 Å². The molecular weight excluding hydrogens is 202 g/mol. The molecule has 0 saturated carbocycles. The van der Waals surface area contributed by atoms with Gasteiger partial charge in [-0.05, 0) is 24.6 Å². The Balaban J connectivity index is 2.05. The molecule has 4 heteroatoms. The lowest BCUT2D eigenvalue weighted by atomic mass is 10.2. The van der Waals surface area contributed by atoms with Crippen molar-refractivity contribution in [2.24, 2.45) is 7.05 Å². The fraction of sp³-hybridized carbons (Fsp3) is 0.250. The number of anilines is 1. The number of nitrogens with two attached hydrogens (primary N) is 1. The van der Waals surface area contributed by atoms with E-state index < -0.39 is 0 Å². The van der Waals surface area contributed by atoms with Crippen LogP contribution in [0.3, 0.4) is 0 Å². The molecule has 0 unspecified atom stereocenters. The normalized spacial score (nSPS) is 10.4. The third kappa shape index (κ3) is 2.34. The summed E-state index contributed by atoms with van der Waals surface area (Å²) in [5.41, 5.74) is 6.76. The fourth-order valence-corrected chi connectivity index (χ4v) is 1.52. The molecule has 0 bridgehead atoms. The maximum absolute atomic E-state index is 5.63. The van der Waals surface area contributed by atoms with Crippen molar-refractivity contribution in [2.75, 3.05) is 5.73 Å². The quantitative estimate of drug-likeness (QED) is 0.854. The molecule has 0 aliphatic heterocycles. The highest BCUT2D eigenvalue weighted by atomic mass is 16.5. The lowest BCUT2D eigenvalue weighted by molar-refractivity contribution is 0.291. The first-order valence-electron chi connectivity index (χ1n) is 5.12. The molecule has 2 rings (SSSR count). The van der Waals surface area contributed by atoms with Gasteiger partial charge >= 0.3 is 0 Å². The van der Waals surface area contributed by atoms with Crippen LogP contribution in [0.4, 0.5) is 5.82 Å². The Morgan fingerprint density at radius 3 is 2.88 bits per heavy atom. The van der Waals surface area contributed by atoms with Crippen LogP contribution < -0.4 is 10.5 Å². The van der Waals surface area contributed by atoms with E-state index in [0.29, 0.717) is 12.4 Å². The summed E-state index contributed by atoms with van der Waals surface area (Å²) in [4.78, 5) is 4.16. The van der Waals surface area contributed by atoms with Gasteiger partial charge in [-0.1, -0.05) is 12.1 Å². The van der Waals surface area contributed by atoms with Crippen molar-refractivity contribution < 1.29 is 4.74 Å². The maximum atomic E-state index is 5.63. The molecule has 0 spiro atoms. The van der Waals surface area contributed by atoms with E-state index in [9.17, 15) is 0 Å². The van der Waals surface area contributed by atoms with Crippen molar-refractivity contribution in [3.05, 3.63) is 41.9 Å². The zero-order valence-corrected chi connectivity index (χ0v) is 9.47. The van der Waals surface area contributed by atoms with Crippen LogP contribution in [0.2, 0.25) is 0 Å². The lowest BCUT2D eigenvalue weighted by Gasteiger charge is -2.06. The smallest absolute Gasteiger partial charge is 0.149 e. The van der Waals surface area contributed by atoms with Crippen LogP contribution >= 0.6 is 0 Å². The largest absolute Gasteiger partial charge is 0.486 e. The second-order valence-corrected chi connectivity index (χ2v) is 3.80. The number of imidazole rings is 1. The maximum Gasteiger partial charge on any atom is 0.149 e. The molecular formula is C12H15N3O. The summed E-state index contributed by atoms with van der Waals surface area (Å²) in [6.07, 6.45) is 1.77. The molecule has 0 saturated heterocycles. The first-order chi connectivity index (χ1) is 7.65. The Hall–Kier alpha value is -1.97. The highest BCUT2D eigenvalue weighted by Crippen LogP contribution is 2.14. The third-order valence-electron chi connectivity index (χ3n) is 2.35. The first kappa shape index (κ1) is 10.5. The summed E-state index contributed by atoms with van der Waals surface area (Å²) >= 11 is 0. The molecule has 16 heavy (non-hydrogen) atoms. The van der Waals surface area contributed by atoms with E-state index in [-0.39, 0.29) is 0 Å². The van der Waals surface area contributed by atoms with E-state index >= 15 is 0 Å². The van der Waals surface area contributed by atoms with Crippen molar-refractivity contribution >= 4 is 5.82 Å². The summed E-state index contributed by atoms with van der Waals surface area (Å²) < 4.78 is 7.49. The number of hydrogen-bond donors (Lipinski definition) is 1. The Bertz CT molecular complexity index is 491. The van der Waals surface area contributed by atoms with Gasteiger partial charge in [-0.3, -0.25) is 0 Å². The molecule has 1 heterocycles. The number of aromatic nitrogens is 2. The summed E-state index contributed by atoms with van der Waals surface area (Å²) in [5, 5.41) is 0. The molecule has 84 valence electrons. The molecule has 0 aliphatic carbocycles. The molecule has 4 nitrogen and oxygen atoms in total. The SMILES string of the molecule is Cc1cccc(OCc2nc(N)cn2C)c1. The summed E-state index contributed by atoms with van der Waals surface area (Å²) in [6, 6.07) is 7.93. The van der Waals surface area contributed by atoms with Crippen molar-refractivity contribution in [1.29, 1.82) is 0 Å². The molecule has 0 amide bonds. The van der Waals surface area contributed by atoms with E-state index in [1.165, 1.54) is 5.56 Å². The molecule has 0 atom stereocenters. The predicted octanol–water partition coefficient (Wildman–Crippen LogP) is 1.89. The van der Waals surface area contributed by atoms with Crippen LogP contribution in [0, 0.1) is 6.92 Å². The van der Waals surface area contributed by atoms with Gasteiger partial charge in [-0.15, -0.1) is 0 Å². The number of benzene rings is 1. The Morgan fingerprint density at radius 2 is 2.25 bits per heavy atom. The number of ether oxygens (including phenoxy) is 1. The fourth-order valence-electron chi connectivity index (χ4n) is 1.52. The Kier molecular flexibility index (Phi) is 2.81. The van der Waals surface area contributed by atoms with Gasteiger partial charge in [0.25, 0.3) is 0 Å². The van der Waals surface area contributed by atoms with Crippen molar-refractivity contribution in [1.82, 2.24) is 9.55 Å². The topological polar surface area (TPSA) is 53.1 Å². The number of aryl methyl sites for hydroxylation is 2. The van der Waals surface area contributed by atoms with Crippen LogP contribution in [-0.2, 0) is 13.7 Å². The molecule has 0 radical (unpaired) electrons. The average Bonchev–Trinajstić information content (AvgIpc) is 2.54. The summed E-state index contributed by atoms with van der Waals surface area (Å²) in [6.45, 7) is 2.46. The standard InChI is InChI=1S/C12H15N3O/c1-9-4-3-5-10(6-9)16-8-12-14-11(13)7-15(12)2/h3-7H,8,13H2,1-2H3. The number of rotatable bonds is 3. The van der Waals surface area contributed by atoms with E-state index in [0.717, 1.165) is 11.6 Å². The second-order valence-electron chi connectivity index (χ2n) is 3.80. The summed E-state index contributed by atoms with van der Waals surface area (Å²) in [7, 11) is 1.90. The minimum absolute atomic E-state index is 0.428. The molecule has 1 aromatic carbocycles. The van der Waals surface area contributed by atoms with Gasteiger partial charge in [-0.2, -0.15) is 0 Å². The van der Waals surface area contributed by atoms with Gasteiger partial charge in [0.15, 0.2) is 0 Å². The van der Waals surface area contributed by atoms with Gasteiger partial charge in [0.1, 0.15) is 24.0 Å². The zero-order chi connectivity index (χ0) is 11.5. The van der Waals surface area contributed by atoms with Gasteiger partial charge < -0.3 is 15.0 Å². The second kappa shape index (κ2) is 4.26. The van der Waals surface area contributed by atoms with E-state index in [4.69, 9.17) is 10.5 Å². The highest BCUT2D eigenvalue weighted by molar-refractivity contribution is 5.28. The zero-order valence-electron chi connectivity index (χ0n) is 9.47. The van der Waals surface area contributed by atoms with E-state index in [1.54, 1.807) is 6.20 Å². The van der Waals surface area contributed by atoms with Crippen molar-refractivity contribution in [3.63, 3.8) is 0 Å². The number of hydrogen-bond acceptors (Lipinski definition) is 3. The number of nitrogens with zero attached hydrogens (tertiary/aromatic N) is 2. The molecule has 0 aliphatic rings.